The Morgan fingerprint density at radius 3 is 2.82 bits per heavy atom. The van der Waals surface area contributed by atoms with Gasteiger partial charge in [0.1, 0.15) is 17.0 Å². The normalized spacial score (nSPS) is 22.5. The van der Waals surface area contributed by atoms with Crippen molar-refractivity contribution in [1.29, 1.82) is 0 Å². The first-order valence-electron chi connectivity index (χ1n) is 11.3. The number of rotatable bonds is 3. The van der Waals surface area contributed by atoms with Crippen LogP contribution in [-0.2, 0) is 19.3 Å². The number of sulfone groups is 1. The van der Waals surface area contributed by atoms with E-state index in [1.54, 1.807) is 0 Å². The number of nitrogens with one attached hydrogen (secondary N) is 2. The molecule has 5 heterocycles. The summed E-state index contributed by atoms with van der Waals surface area (Å²) in [5.41, 5.74) is 2.34. The van der Waals surface area contributed by atoms with Crippen LogP contribution in [0.25, 0.3) is 22.3 Å². The zero-order valence-electron chi connectivity index (χ0n) is 18.5. The Balaban J connectivity index is 1.64. The zero-order valence-corrected chi connectivity index (χ0v) is 19.3. The van der Waals surface area contributed by atoms with E-state index in [-0.39, 0.29) is 6.04 Å². The van der Waals surface area contributed by atoms with Gasteiger partial charge in [-0.2, -0.15) is 0 Å². The van der Waals surface area contributed by atoms with Gasteiger partial charge in [-0.25, -0.2) is 18.4 Å². The van der Waals surface area contributed by atoms with Gasteiger partial charge in [0.2, 0.25) is 0 Å². The standard InChI is InChI=1S/C23H27N5O4S/c1-33(29,30)23(6-9-24-10-7-23)20-19-22(28-11-12-31-13-15(28)14-32-19)27-21(26-20)17-3-2-4-18-16(17)5-8-25-18/h2-5,8,15,24-25H,6-7,9-14H2,1H3. The number of H-pyrrole nitrogens is 1. The lowest BCUT2D eigenvalue weighted by Gasteiger charge is -2.43. The summed E-state index contributed by atoms with van der Waals surface area (Å²) in [4.78, 5) is 15.4. The summed E-state index contributed by atoms with van der Waals surface area (Å²) in [7, 11) is -3.49. The van der Waals surface area contributed by atoms with Crippen LogP contribution >= 0.6 is 0 Å². The van der Waals surface area contributed by atoms with E-state index in [2.05, 4.69) is 15.2 Å². The molecular weight excluding hydrogens is 442 g/mol. The molecule has 3 aliphatic heterocycles. The van der Waals surface area contributed by atoms with Crippen LogP contribution in [0.5, 0.6) is 5.75 Å². The van der Waals surface area contributed by atoms with Crippen LogP contribution in [-0.4, -0.2) is 75.1 Å². The minimum atomic E-state index is -3.49. The summed E-state index contributed by atoms with van der Waals surface area (Å²) in [6.07, 6.45) is 4.09. The highest BCUT2D eigenvalue weighted by Gasteiger charge is 2.49. The zero-order chi connectivity index (χ0) is 22.6. The van der Waals surface area contributed by atoms with Crippen molar-refractivity contribution in [3.8, 4) is 17.1 Å². The van der Waals surface area contributed by atoms with E-state index >= 15 is 0 Å². The predicted molar refractivity (Wildman–Crippen MR) is 125 cm³/mol. The second-order valence-electron chi connectivity index (χ2n) is 9.04. The van der Waals surface area contributed by atoms with Crippen LogP contribution in [0.4, 0.5) is 5.82 Å². The predicted octanol–water partition coefficient (Wildman–Crippen LogP) is 1.85. The second-order valence-corrected chi connectivity index (χ2v) is 11.4. The number of fused-ring (bicyclic) bond motifs is 4. The van der Waals surface area contributed by atoms with Crippen LogP contribution in [0, 0.1) is 0 Å². The monoisotopic (exact) mass is 469 g/mol. The lowest BCUT2D eigenvalue weighted by molar-refractivity contribution is 0.0689. The lowest BCUT2D eigenvalue weighted by Crippen LogP contribution is -2.52. The largest absolute Gasteiger partial charge is 0.486 e. The molecule has 2 aromatic heterocycles. The fourth-order valence-electron chi connectivity index (χ4n) is 5.34. The Labute approximate surface area is 192 Å². The van der Waals surface area contributed by atoms with E-state index in [1.165, 1.54) is 6.26 Å². The van der Waals surface area contributed by atoms with Gasteiger partial charge in [0.05, 0.1) is 19.3 Å². The maximum Gasteiger partial charge on any atom is 0.185 e. The molecule has 3 aliphatic rings. The maximum absolute atomic E-state index is 13.3. The summed E-state index contributed by atoms with van der Waals surface area (Å²) in [5.74, 6) is 1.69. The van der Waals surface area contributed by atoms with Gasteiger partial charge < -0.3 is 24.7 Å². The van der Waals surface area contributed by atoms with Crippen molar-refractivity contribution in [3.05, 3.63) is 36.2 Å². The van der Waals surface area contributed by atoms with Crippen molar-refractivity contribution >= 4 is 26.6 Å². The summed E-state index contributed by atoms with van der Waals surface area (Å²) >= 11 is 0. The molecule has 0 radical (unpaired) electrons. The molecule has 0 bridgehead atoms. The molecule has 0 saturated carbocycles. The Hall–Kier alpha value is -2.69. The molecule has 2 saturated heterocycles. The Morgan fingerprint density at radius 1 is 1.15 bits per heavy atom. The van der Waals surface area contributed by atoms with Crippen molar-refractivity contribution in [2.45, 2.75) is 23.6 Å². The first-order valence-corrected chi connectivity index (χ1v) is 13.2. The number of nitrogens with zero attached hydrogens (tertiary/aromatic N) is 3. The van der Waals surface area contributed by atoms with Gasteiger partial charge in [0, 0.05) is 35.5 Å². The average molecular weight is 470 g/mol. The maximum atomic E-state index is 13.3. The number of anilines is 1. The lowest BCUT2D eigenvalue weighted by atomic mass is 9.91. The quantitative estimate of drug-likeness (QED) is 0.598. The summed E-state index contributed by atoms with van der Waals surface area (Å²) in [5, 5.41) is 4.29. The van der Waals surface area contributed by atoms with E-state index < -0.39 is 14.6 Å². The third kappa shape index (κ3) is 3.23. The molecule has 10 heteroatoms. The van der Waals surface area contributed by atoms with Gasteiger partial charge in [-0.15, -0.1) is 0 Å². The highest BCUT2D eigenvalue weighted by Crippen LogP contribution is 2.47. The van der Waals surface area contributed by atoms with Gasteiger partial charge in [0.25, 0.3) is 0 Å². The van der Waals surface area contributed by atoms with Crippen LogP contribution < -0.4 is 15.0 Å². The van der Waals surface area contributed by atoms with E-state index in [4.69, 9.17) is 19.4 Å². The first-order chi connectivity index (χ1) is 16.0. The molecule has 1 unspecified atom stereocenters. The van der Waals surface area contributed by atoms with Gasteiger partial charge >= 0.3 is 0 Å². The topological polar surface area (TPSA) is 109 Å². The van der Waals surface area contributed by atoms with Crippen molar-refractivity contribution in [1.82, 2.24) is 20.3 Å². The molecule has 174 valence electrons. The summed E-state index contributed by atoms with van der Waals surface area (Å²) in [6.45, 7) is 3.47. The molecule has 0 aliphatic carbocycles. The van der Waals surface area contributed by atoms with Crippen LogP contribution in [0.15, 0.2) is 30.5 Å². The third-order valence-electron chi connectivity index (χ3n) is 7.16. The Kier molecular flexibility index (Phi) is 4.86. The fourth-order valence-corrected chi connectivity index (χ4v) is 6.78. The van der Waals surface area contributed by atoms with Crippen LogP contribution in [0.2, 0.25) is 0 Å². The molecule has 1 aromatic carbocycles. The highest BCUT2D eigenvalue weighted by molar-refractivity contribution is 7.91. The molecule has 2 N–H and O–H groups in total. The highest BCUT2D eigenvalue weighted by atomic mass is 32.2. The minimum absolute atomic E-state index is 0.0482. The van der Waals surface area contributed by atoms with E-state index in [1.807, 2.05) is 30.5 Å². The molecule has 9 nitrogen and oxygen atoms in total. The number of hydrogen-bond donors (Lipinski definition) is 2. The van der Waals surface area contributed by atoms with Gasteiger partial charge in [0.15, 0.2) is 27.2 Å². The molecule has 6 rings (SSSR count). The molecule has 0 amide bonds. The molecule has 3 aromatic rings. The summed E-state index contributed by atoms with van der Waals surface area (Å²) < 4.78 is 37.4. The van der Waals surface area contributed by atoms with Crippen LogP contribution in [0.3, 0.4) is 0 Å². The number of benzene rings is 1. The summed E-state index contributed by atoms with van der Waals surface area (Å²) in [6, 6.07) is 7.99. The Morgan fingerprint density at radius 2 is 2.00 bits per heavy atom. The van der Waals surface area contributed by atoms with Crippen molar-refractivity contribution in [2.24, 2.45) is 0 Å². The van der Waals surface area contributed by atoms with E-state index in [9.17, 15) is 8.42 Å². The van der Waals surface area contributed by atoms with Crippen molar-refractivity contribution < 1.29 is 17.9 Å². The molecule has 1 atom stereocenters. The van der Waals surface area contributed by atoms with Gasteiger partial charge in [-0.1, -0.05) is 12.1 Å². The molecule has 2 fully saturated rings. The minimum Gasteiger partial charge on any atom is -0.486 e. The average Bonchev–Trinajstić information content (AvgIpc) is 3.32. The first kappa shape index (κ1) is 20.9. The fraction of sp³-hybridized carbons (Fsp3) is 0.478. The SMILES string of the molecule is CS(=O)(=O)C1(c2nc(-c3cccc4[nH]ccc34)nc3c2OCC2COCCN32)CCNCC1. The van der Waals surface area contributed by atoms with Crippen molar-refractivity contribution in [2.75, 3.05) is 50.6 Å². The number of morpholine rings is 1. The number of hydrogen-bond acceptors (Lipinski definition) is 8. The van der Waals surface area contributed by atoms with E-state index in [0.29, 0.717) is 75.4 Å². The van der Waals surface area contributed by atoms with Gasteiger partial charge in [-0.05, 0) is 38.1 Å². The van der Waals surface area contributed by atoms with Crippen LogP contribution in [0.1, 0.15) is 18.5 Å². The Bertz CT molecular complexity index is 1320. The second kappa shape index (κ2) is 7.68. The van der Waals surface area contributed by atoms with E-state index in [0.717, 1.165) is 16.5 Å². The molecule has 33 heavy (non-hydrogen) atoms. The number of aromatic nitrogens is 3. The third-order valence-corrected chi connectivity index (χ3v) is 9.18. The number of piperidine rings is 1. The van der Waals surface area contributed by atoms with Gasteiger partial charge in [-0.3, -0.25) is 0 Å². The number of ether oxygens (including phenoxy) is 2. The molecule has 0 spiro atoms. The smallest absolute Gasteiger partial charge is 0.185 e. The van der Waals surface area contributed by atoms with Crippen molar-refractivity contribution in [3.63, 3.8) is 0 Å². The molecular formula is C23H27N5O4S. The number of aromatic amines is 1.